The summed E-state index contributed by atoms with van der Waals surface area (Å²) >= 11 is 0. The summed E-state index contributed by atoms with van der Waals surface area (Å²) in [7, 11) is 0. The number of fused-ring (bicyclic) bond motifs is 6. The Bertz CT molecular complexity index is 3470. The first-order valence-electron chi connectivity index (χ1n) is 19.6. The van der Waals surface area contributed by atoms with Crippen molar-refractivity contribution in [3.63, 3.8) is 0 Å². The quantitative estimate of drug-likeness (QED) is 0.158. The van der Waals surface area contributed by atoms with Gasteiger partial charge in [0.2, 0.25) is 0 Å². The van der Waals surface area contributed by atoms with Crippen LogP contribution < -0.4 is 0 Å². The zero-order valence-electron chi connectivity index (χ0n) is 31.7. The van der Waals surface area contributed by atoms with Crippen molar-refractivity contribution in [3.8, 4) is 73.6 Å². The van der Waals surface area contributed by atoms with Gasteiger partial charge in [0.05, 0.1) is 11.6 Å². The lowest BCUT2D eigenvalue weighted by Crippen LogP contribution is -2.01. The number of aromatic nitrogens is 3. The largest absolute Gasteiger partial charge is 0.456 e. The fourth-order valence-corrected chi connectivity index (χ4v) is 8.35. The molecule has 0 bridgehead atoms. The van der Waals surface area contributed by atoms with Gasteiger partial charge in [0, 0.05) is 27.5 Å². The van der Waals surface area contributed by atoms with Crippen LogP contribution in [-0.2, 0) is 0 Å². The fourth-order valence-electron chi connectivity index (χ4n) is 8.35. The van der Waals surface area contributed by atoms with E-state index in [1.54, 1.807) is 0 Å². The Labute approximate surface area is 340 Å². The van der Waals surface area contributed by atoms with Crippen LogP contribution in [0.1, 0.15) is 5.56 Å². The minimum Gasteiger partial charge on any atom is -0.456 e. The van der Waals surface area contributed by atoms with E-state index < -0.39 is 0 Å². The predicted molar refractivity (Wildman–Crippen MR) is 239 cm³/mol. The van der Waals surface area contributed by atoms with Crippen molar-refractivity contribution >= 4 is 43.5 Å². The summed E-state index contributed by atoms with van der Waals surface area (Å²) in [6, 6.07) is 68.7. The first kappa shape index (κ1) is 34.1. The van der Waals surface area contributed by atoms with Crippen LogP contribution in [0.15, 0.2) is 199 Å². The van der Waals surface area contributed by atoms with Gasteiger partial charge >= 0.3 is 0 Å². The monoisotopic (exact) mass is 752 g/mol. The second-order valence-corrected chi connectivity index (χ2v) is 14.7. The Morgan fingerprint density at radius 3 is 1.78 bits per heavy atom. The van der Waals surface area contributed by atoms with Crippen molar-refractivity contribution in [2.24, 2.45) is 0 Å². The van der Waals surface area contributed by atoms with Crippen molar-refractivity contribution < 1.29 is 4.42 Å². The van der Waals surface area contributed by atoms with Crippen LogP contribution in [0, 0.1) is 11.3 Å². The molecule has 5 nitrogen and oxygen atoms in total. The molecule has 0 aliphatic rings. The maximum Gasteiger partial charge on any atom is 0.164 e. The zero-order valence-corrected chi connectivity index (χ0v) is 31.7. The number of nitrogens with zero attached hydrogens (tertiary/aromatic N) is 4. The van der Waals surface area contributed by atoms with Gasteiger partial charge < -0.3 is 4.42 Å². The predicted octanol–water partition coefficient (Wildman–Crippen LogP) is 14.0. The van der Waals surface area contributed by atoms with E-state index in [0.717, 1.165) is 82.6 Å². The van der Waals surface area contributed by atoms with Crippen LogP contribution in [-0.4, -0.2) is 15.0 Å². The molecule has 0 fully saturated rings. The topological polar surface area (TPSA) is 75.6 Å². The third kappa shape index (κ3) is 5.99. The number of rotatable bonds is 6. The van der Waals surface area contributed by atoms with Gasteiger partial charge in [0.1, 0.15) is 11.2 Å². The molecule has 11 rings (SSSR count). The van der Waals surface area contributed by atoms with Gasteiger partial charge in [0.15, 0.2) is 17.5 Å². The highest BCUT2D eigenvalue weighted by atomic mass is 16.3. The van der Waals surface area contributed by atoms with E-state index in [2.05, 4.69) is 133 Å². The Morgan fingerprint density at radius 2 is 0.949 bits per heavy atom. The smallest absolute Gasteiger partial charge is 0.164 e. The zero-order chi connectivity index (χ0) is 39.3. The first-order chi connectivity index (χ1) is 29.2. The second kappa shape index (κ2) is 14.1. The van der Waals surface area contributed by atoms with Crippen LogP contribution in [0.2, 0.25) is 0 Å². The van der Waals surface area contributed by atoms with Crippen molar-refractivity contribution in [3.05, 3.63) is 200 Å². The van der Waals surface area contributed by atoms with E-state index in [1.807, 2.05) is 66.7 Å². The number of hydrogen-bond donors (Lipinski definition) is 0. The molecule has 11 aromatic rings. The van der Waals surface area contributed by atoms with Gasteiger partial charge in [-0.2, -0.15) is 5.26 Å². The summed E-state index contributed by atoms with van der Waals surface area (Å²) in [5.74, 6) is 1.63. The molecular weight excluding hydrogens is 721 g/mol. The summed E-state index contributed by atoms with van der Waals surface area (Å²) in [4.78, 5) is 15.6. The summed E-state index contributed by atoms with van der Waals surface area (Å²) in [5.41, 5.74) is 11.1. The lowest BCUT2D eigenvalue weighted by molar-refractivity contribution is 0.669. The molecule has 2 aromatic heterocycles. The minimum atomic E-state index is 0.531. The van der Waals surface area contributed by atoms with Gasteiger partial charge in [-0.3, -0.25) is 0 Å². The highest BCUT2D eigenvalue weighted by Gasteiger charge is 2.19. The summed E-state index contributed by atoms with van der Waals surface area (Å²) in [5, 5.41) is 16.5. The maximum atomic E-state index is 9.91. The van der Waals surface area contributed by atoms with Gasteiger partial charge in [-0.1, -0.05) is 152 Å². The SMILES string of the molecule is N#Cc1ccccc1-c1cccc(-c2nc(-c3ccc4c(c3)oc3cccc(-c5cccc(-c6ccccc6)c5)c34)nc(-c3cc4ccccc4c4ccccc34)n2)c1. The molecule has 0 saturated carbocycles. The van der Waals surface area contributed by atoms with Gasteiger partial charge in [-0.25, -0.2) is 15.0 Å². The fraction of sp³-hybridized carbons (Fsp3) is 0. The Hall–Kier alpha value is -8.20. The molecule has 0 amide bonds. The second-order valence-electron chi connectivity index (χ2n) is 14.7. The number of hydrogen-bond acceptors (Lipinski definition) is 5. The van der Waals surface area contributed by atoms with Crippen LogP contribution in [0.4, 0.5) is 0 Å². The van der Waals surface area contributed by atoms with Crippen LogP contribution in [0.25, 0.3) is 111 Å². The lowest BCUT2D eigenvalue weighted by Gasteiger charge is -2.13. The average Bonchev–Trinajstić information content (AvgIpc) is 3.70. The molecule has 59 heavy (non-hydrogen) atoms. The third-order valence-corrected chi connectivity index (χ3v) is 11.2. The van der Waals surface area contributed by atoms with E-state index in [-0.39, 0.29) is 0 Å². The molecule has 0 unspecified atom stereocenters. The van der Waals surface area contributed by atoms with E-state index >= 15 is 0 Å². The average molecular weight is 753 g/mol. The molecule has 0 N–H and O–H groups in total. The minimum absolute atomic E-state index is 0.531. The van der Waals surface area contributed by atoms with Crippen LogP contribution >= 0.6 is 0 Å². The number of nitriles is 1. The molecule has 0 aliphatic heterocycles. The standard InChI is InChI=1S/C54H32N4O/c55-33-41-16-5-6-21-42(41)36-18-11-20-39(30-36)52-56-53(58-54(57-52)48-31-38-15-4-7-22-43(38)45-23-8-9-24-46(45)48)40-27-28-47-50(32-40)59-49-26-12-25-44(51(47)49)37-19-10-17-35(29-37)34-13-2-1-3-14-34/h1-32H. The summed E-state index contributed by atoms with van der Waals surface area (Å²) in [6.45, 7) is 0. The molecule has 9 aromatic carbocycles. The van der Waals surface area contributed by atoms with Crippen LogP contribution in [0.5, 0.6) is 0 Å². The molecule has 0 saturated heterocycles. The van der Waals surface area contributed by atoms with Gasteiger partial charge in [0.25, 0.3) is 0 Å². The number of benzene rings is 9. The molecule has 0 aliphatic carbocycles. The normalized spacial score (nSPS) is 11.4. The van der Waals surface area contributed by atoms with Gasteiger partial charge in [-0.15, -0.1) is 0 Å². The molecule has 0 radical (unpaired) electrons. The third-order valence-electron chi connectivity index (χ3n) is 11.2. The Kier molecular flexibility index (Phi) is 8.13. The van der Waals surface area contributed by atoms with Crippen molar-refractivity contribution in [2.75, 3.05) is 0 Å². The lowest BCUT2D eigenvalue weighted by atomic mass is 9.95. The van der Waals surface area contributed by atoms with Crippen molar-refractivity contribution in [2.45, 2.75) is 0 Å². The summed E-state index contributed by atoms with van der Waals surface area (Å²) in [6.07, 6.45) is 0. The van der Waals surface area contributed by atoms with Crippen LogP contribution in [0.3, 0.4) is 0 Å². The molecule has 2 heterocycles. The first-order valence-corrected chi connectivity index (χ1v) is 19.6. The summed E-state index contributed by atoms with van der Waals surface area (Å²) < 4.78 is 6.62. The molecular formula is C54H32N4O. The van der Waals surface area contributed by atoms with Crippen molar-refractivity contribution in [1.29, 1.82) is 5.26 Å². The highest BCUT2D eigenvalue weighted by Crippen LogP contribution is 2.40. The Balaban J connectivity index is 1.10. The van der Waals surface area contributed by atoms with Crippen molar-refractivity contribution in [1.82, 2.24) is 15.0 Å². The highest BCUT2D eigenvalue weighted by molar-refractivity contribution is 6.14. The van der Waals surface area contributed by atoms with Gasteiger partial charge in [-0.05, 0) is 97.4 Å². The molecule has 0 spiro atoms. The molecule has 5 heteroatoms. The van der Waals surface area contributed by atoms with E-state index in [9.17, 15) is 5.26 Å². The van der Waals surface area contributed by atoms with E-state index in [1.165, 1.54) is 10.9 Å². The maximum absolute atomic E-state index is 9.91. The Morgan fingerprint density at radius 1 is 0.356 bits per heavy atom. The van der Waals surface area contributed by atoms with E-state index in [0.29, 0.717) is 23.0 Å². The van der Waals surface area contributed by atoms with E-state index in [4.69, 9.17) is 19.4 Å². The molecule has 274 valence electrons. The molecule has 0 atom stereocenters. The number of furan rings is 1.